The molecule has 1 saturated heterocycles. The fraction of sp³-hybridized carbons (Fsp3) is 0.571. The predicted molar refractivity (Wildman–Crippen MR) is 73.2 cm³/mol. The van der Waals surface area contributed by atoms with E-state index >= 15 is 0 Å². The predicted octanol–water partition coefficient (Wildman–Crippen LogP) is 2.85. The number of aryl methyl sites for hydroxylation is 1. The second-order valence-electron chi connectivity index (χ2n) is 5.25. The molecule has 0 saturated carbocycles. The summed E-state index contributed by atoms with van der Waals surface area (Å²) in [5.74, 6) is -1.84. The number of anilines is 1. The molecule has 116 valence electrons. The van der Waals surface area contributed by atoms with E-state index in [0.717, 1.165) is 5.69 Å². The van der Waals surface area contributed by atoms with Gasteiger partial charge in [0, 0.05) is 32.0 Å². The molecule has 0 aromatic carbocycles. The highest BCUT2D eigenvalue weighted by molar-refractivity contribution is 5.99. The second-order valence-corrected chi connectivity index (χ2v) is 5.25. The normalized spacial score (nSPS) is 19.5. The second kappa shape index (κ2) is 5.91. The third-order valence-corrected chi connectivity index (χ3v) is 3.71. The number of piperidine rings is 1. The Kier molecular flexibility index (Phi) is 4.39. The van der Waals surface area contributed by atoms with Crippen molar-refractivity contribution in [2.24, 2.45) is 5.92 Å². The largest absolute Gasteiger partial charge is 0.393 e. The van der Waals surface area contributed by atoms with Gasteiger partial charge < -0.3 is 10.2 Å². The molecule has 0 bridgehead atoms. The van der Waals surface area contributed by atoms with Crippen molar-refractivity contribution < 1.29 is 18.0 Å². The van der Waals surface area contributed by atoms with Crippen molar-refractivity contribution in [1.82, 2.24) is 9.88 Å². The van der Waals surface area contributed by atoms with E-state index in [1.54, 1.807) is 20.0 Å². The molecule has 1 aromatic heterocycles. The van der Waals surface area contributed by atoms with Crippen LogP contribution in [0.25, 0.3) is 0 Å². The number of halogens is 3. The molecule has 21 heavy (non-hydrogen) atoms. The number of carbonyl (C=O) groups is 1. The molecule has 1 N–H and O–H groups in total. The summed E-state index contributed by atoms with van der Waals surface area (Å²) >= 11 is 0. The monoisotopic (exact) mass is 301 g/mol. The van der Waals surface area contributed by atoms with Crippen molar-refractivity contribution in [2.45, 2.75) is 25.9 Å². The molecule has 0 aliphatic carbocycles. The van der Waals surface area contributed by atoms with Crippen LogP contribution in [0.1, 0.15) is 28.9 Å². The molecule has 1 unspecified atom stereocenters. The summed E-state index contributed by atoms with van der Waals surface area (Å²) in [5.41, 5.74) is 1.63. The number of nitrogens with one attached hydrogen (secondary N) is 1. The molecular weight excluding hydrogens is 283 g/mol. The van der Waals surface area contributed by atoms with Crippen LogP contribution in [0.4, 0.5) is 18.9 Å². The van der Waals surface area contributed by atoms with E-state index in [0.29, 0.717) is 24.2 Å². The van der Waals surface area contributed by atoms with Crippen molar-refractivity contribution in [3.63, 3.8) is 0 Å². The molecule has 1 amide bonds. The van der Waals surface area contributed by atoms with Crippen LogP contribution in [0.15, 0.2) is 12.3 Å². The van der Waals surface area contributed by atoms with Gasteiger partial charge >= 0.3 is 6.18 Å². The number of rotatable bonds is 2. The number of hydrogen-bond donors (Lipinski definition) is 1. The van der Waals surface area contributed by atoms with Crippen molar-refractivity contribution in [2.75, 3.05) is 25.5 Å². The summed E-state index contributed by atoms with van der Waals surface area (Å²) in [6.45, 7) is 1.86. The molecular formula is C14H18F3N3O. The van der Waals surface area contributed by atoms with Gasteiger partial charge in [0.25, 0.3) is 5.91 Å². The number of alkyl halides is 3. The van der Waals surface area contributed by atoms with Crippen LogP contribution in [-0.4, -0.2) is 42.1 Å². The van der Waals surface area contributed by atoms with E-state index in [1.807, 2.05) is 0 Å². The number of nitrogens with zero attached hydrogens (tertiary/aromatic N) is 2. The lowest BCUT2D eigenvalue weighted by molar-refractivity contribution is -0.184. The summed E-state index contributed by atoms with van der Waals surface area (Å²) in [5, 5.41) is 2.89. The third-order valence-electron chi connectivity index (χ3n) is 3.71. The Morgan fingerprint density at radius 1 is 1.48 bits per heavy atom. The van der Waals surface area contributed by atoms with Gasteiger partial charge in [-0.3, -0.25) is 9.78 Å². The summed E-state index contributed by atoms with van der Waals surface area (Å²) in [6.07, 6.45) is -2.39. The SMILES string of the molecule is CNc1cc(C)ncc1C(=O)N1CCCC(C(F)(F)F)C1. The summed E-state index contributed by atoms with van der Waals surface area (Å²) in [4.78, 5) is 17.8. The number of aromatic nitrogens is 1. The van der Waals surface area contributed by atoms with Crippen LogP contribution in [0.2, 0.25) is 0 Å². The van der Waals surface area contributed by atoms with E-state index < -0.39 is 18.0 Å². The minimum atomic E-state index is -4.25. The zero-order chi connectivity index (χ0) is 15.6. The fourth-order valence-electron chi connectivity index (χ4n) is 2.54. The lowest BCUT2D eigenvalue weighted by Gasteiger charge is -2.34. The van der Waals surface area contributed by atoms with Crippen LogP contribution < -0.4 is 5.32 Å². The molecule has 0 spiro atoms. The molecule has 1 aliphatic rings. The number of hydrogen-bond acceptors (Lipinski definition) is 3. The molecule has 1 aromatic rings. The first kappa shape index (κ1) is 15.6. The highest BCUT2D eigenvalue weighted by Gasteiger charge is 2.42. The van der Waals surface area contributed by atoms with Gasteiger partial charge in [0.05, 0.1) is 17.2 Å². The van der Waals surface area contributed by atoms with Crippen LogP contribution in [0.3, 0.4) is 0 Å². The van der Waals surface area contributed by atoms with Gasteiger partial charge in [0.2, 0.25) is 0 Å². The molecule has 1 atom stereocenters. The van der Waals surface area contributed by atoms with Crippen molar-refractivity contribution >= 4 is 11.6 Å². The maximum atomic E-state index is 12.8. The fourth-order valence-corrected chi connectivity index (χ4v) is 2.54. The number of pyridine rings is 1. The minimum Gasteiger partial charge on any atom is -0.387 e. The van der Waals surface area contributed by atoms with Crippen molar-refractivity contribution in [1.29, 1.82) is 0 Å². The Morgan fingerprint density at radius 2 is 2.19 bits per heavy atom. The molecule has 1 aliphatic heterocycles. The maximum absolute atomic E-state index is 12.8. The molecule has 1 fully saturated rings. The summed E-state index contributed by atoms with van der Waals surface area (Å²) < 4.78 is 38.4. The number of carbonyl (C=O) groups excluding carboxylic acids is 1. The van der Waals surface area contributed by atoms with Crippen LogP contribution in [0.5, 0.6) is 0 Å². The third kappa shape index (κ3) is 3.46. The maximum Gasteiger partial charge on any atom is 0.393 e. The van der Waals surface area contributed by atoms with E-state index in [4.69, 9.17) is 0 Å². The van der Waals surface area contributed by atoms with Gasteiger partial charge in [-0.15, -0.1) is 0 Å². The summed E-state index contributed by atoms with van der Waals surface area (Å²) in [7, 11) is 1.67. The first-order chi connectivity index (χ1) is 9.82. The minimum absolute atomic E-state index is 0.0817. The summed E-state index contributed by atoms with van der Waals surface area (Å²) in [6, 6.07) is 1.71. The van der Waals surface area contributed by atoms with Gasteiger partial charge in [0.1, 0.15) is 0 Å². The smallest absolute Gasteiger partial charge is 0.387 e. The zero-order valence-electron chi connectivity index (χ0n) is 12.0. The molecule has 0 radical (unpaired) electrons. The topological polar surface area (TPSA) is 45.2 Å². The van der Waals surface area contributed by atoms with E-state index in [-0.39, 0.29) is 13.0 Å². The Hall–Kier alpha value is -1.79. The quantitative estimate of drug-likeness (QED) is 0.913. The van der Waals surface area contributed by atoms with Crippen molar-refractivity contribution in [3.05, 3.63) is 23.5 Å². The number of amides is 1. The Bertz CT molecular complexity index is 531. The van der Waals surface area contributed by atoms with Crippen molar-refractivity contribution in [3.8, 4) is 0 Å². The van der Waals surface area contributed by atoms with Gasteiger partial charge in [-0.1, -0.05) is 0 Å². The Balaban J connectivity index is 2.20. The first-order valence-electron chi connectivity index (χ1n) is 6.83. The standard InChI is InChI=1S/C14H18F3N3O/c1-9-6-12(18-2)11(7-19-9)13(21)20-5-3-4-10(8-20)14(15,16)17/h6-7,10H,3-5,8H2,1-2H3,(H,18,19). The Morgan fingerprint density at radius 3 is 2.81 bits per heavy atom. The molecule has 4 nitrogen and oxygen atoms in total. The van der Waals surface area contributed by atoms with Crippen LogP contribution >= 0.6 is 0 Å². The van der Waals surface area contributed by atoms with Crippen LogP contribution in [-0.2, 0) is 0 Å². The zero-order valence-corrected chi connectivity index (χ0v) is 12.0. The lowest BCUT2D eigenvalue weighted by Crippen LogP contribution is -2.44. The van der Waals surface area contributed by atoms with Crippen LogP contribution in [0, 0.1) is 12.8 Å². The molecule has 2 heterocycles. The van der Waals surface area contributed by atoms with E-state index in [1.165, 1.54) is 11.1 Å². The average Bonchev–Trinajstić information content (AvgIpc) is 2.45. The van der Waals surface area contributed by atoms with E-state index in [2.05, 4.69) is 10.3 Å². The van der Waals surface area contributed by atoms with Gasteiger partial charge in [-0.25, -0.2) is 0 Å². The first-order valence-corrected chi connectivity index (χ1v) is 6.83. The van der Waals surface area contributed by atoms with Gasteiger partial charge in [-0.2, -0.15) is 13.2 Å². The Labute approximate surface area is 121 Å². The lowest BCUT2D eigenvalue weighted by atomic mass is 9.97. The average molecular weight is 301 g/mol. The highest BCUT2D eigenvalue weighted by Crippen LogP contribution is 2.33. The highest BCUT2D eigenvalue weighted by atomic mass is 19.4. The number of likely N-dealkylation sites (tertiary alicyclic amines) is 1. The van der Waals surface area contributed by atoms with Gasteiger partial charge in [0.15, 0.2) is 0 Å². The van der Waals surface area contributed by atoms with Gasteiger partial charge in [-0.05, 0) is 25.8 Å². The molecule has 2 rings (SSSR count). The molecule has 7 heteroatoms. The van der Waals surface area contributed by atoms with E-state index in [9.17, 15) is 18.0 Å².